The van der Waals surface area contributed by atoms with Crippen LogP contribution in [0.4, 0.5) is 5.13 Å². The molecule has 0 aliphatic carbocycles. The second-order valence-corrected chi connectivity index (χ2v) is 10.6. The minimum Gasteiger partial charge on any atom is -0.302 e. The molecule has 9 heteroatoms. The molecule has 0 aliphatic heterocycles. The van der Waals surface area contributed by atoms with Crippen LogP contribution in [0, 0.1) is 0 Å². The predicted molar refractivity (Wildman–Crippen MR) is 128 cm³/mol. The lowest BCUT2D eigenvalue weighted by atomic mass is 10.2. The van der Waals surface area contributed by atoms with Crippen molar-refractivity contribution in [3.05, 3.63) is 53.1 Å². The molecule has 1 aromatic heterocycles. The summed E-state index contributed by atoms with van der Waals surface area (Å²) in [7, 11) is -3.56. The molecule has 3 rings (SSSR count). The maximum absolute atomic E-state index is 13.7. The van der Waals surface area contributed by atoms with Gasteiger partial charge in [0.25, 0.3) is 5.91 Å². The number of aromatic nitrogens is 1. The number of hydrogen-bond donors (Lipinski definition) is 0. The number of carbonyl (C=O) groups is 1. The standard InChI is InChI=1S/C22H26ClN3O3S2/c1-4-25(5-2)14-15-26(22-24-20-17(23)11-9-12-18(20)30-22)21(27)16-10-7-8-13-19(16)31(28,29)6-3/h7-13H,4-6,14-15H2,1-3H3. The molecule has 31 heavy (non-hydrogen) atoms. The van der Waals surface area contributed by atoms with Crippen molar-refractivity contribution in [3.8, 4) is 0 Å². The second-order valence-electron chi connectivity index (χ2n) is 6.97. The van der Waals surface area contributed by atoms with Gasteiger partial charge in [-0.3, -0.25) is 9.69 Å². The summed E-state index contributed by atoms with van der Waals surface area (Å²) in [5, 5.41) is 1.02. The highest BCUT2D eigenvalue weighted by atomic mass is 35.5. The van der Waals surface area contributed by atoms with Gasteiger partial charge < -0.3 is 4.90 Å². The van der Waals surface area contributed by atoms with Gasteiger partial charge in [0.15, 0.2) is 15.0 Å². The normalized spacial score (nSPS) is 11.9. The largest absolute Gasteiger partial charge is 0.302 e. The summed E-state index contributed by atoms with van der Waals surface area (Å²) >= 11 is 7.67. The first-order chi connectivity index (χ1) is 14.8. The fourth-order valence-electron chi connectivity index (χ4n) is 3.30. The molecule has 0 unspecified atom stereocenters. The van der Waals surface area contributed by atoms with E-state index in [1.165, 1.54) is 17.4 Å². The quantitative estimate of drug-likeness (QED) is 0.443. The molecule has 0 saturated heterocycles. The van der Waals surface area contributed by atoms with E-state index in [2.05, 4.69) is 23.7 Å². The minimum absolute atomic E-state index is 0.0504. The number of halogens is 1. The lowest BCUT2D eigenvalue weighted by Gasteiger charge is -2.25. The van der Waals surface area contributed by atoms with E-state index in [1.54, 1.807) is 36.1 Å². The molecule has 2 aromatic carbocycles. The monoisotopic (exact) mass is 479 g/mol. The van der Waals surface area contributed by atoms with Gasteiger partial charge in [0.2, 0.25) is 0 Å². The summed E-state index contributed by atoms with van der Waals surface area (Å²) < 4.78 is 26.1. The topological polar surface area (TPSA) is 70.6 Å². The van der Waals surface area contributed by atoms with Crippen molar-refractivity contribution >= 4 is 54.0 Å². The van der Waals surface area contributed by atoms with E-state index < -0.39 is 9.84 Å². The zero-order valence-electron chi connectivity index (χ0n) is 17.8. The van der Waals surface area contributed by atoms with Crippen LogP contribution in [-0.2, 0) is 9.84 Å². The molecule has 0 atom stereocenters. The second kappa shape index (κ2) is 10.1. The fraction of sp³-hybridized carbons (Fsp3) is 0.364. The third kappa shape index (κ3) is 5.09. The number of fused-ring (bicyclic) bond motifs is 1. The summed E-state index contributed by atoms with van der Waals surface area (Å²) in [5.74, 6) is -0.456. The highest BCUT2D eigenvalue weighted by Crippen LogP contribution is 2.34. The van der Waals surface area contributed by atoms with Gasteiger partial charge in [-0.05, 0) is 37.4 Å². The highest BCUT2D eigenvalue weighted by Gasteiger charge is 2.27. The number of sulfone groups is 1. The zero-order chi connectivity index (χ0) is 22.6. The first-order valence-electron chi connectivity index (χ1n) is 10.2. The maximum Gasteiger partial charge on any atom is 0.261 e. The van der Waals surface area contributed by atoms with Gasteiger partial charge in [-0.1, -0.05) is 61.9 Å². The van der Waals surface area contributed by atoms with Crippen molar-refractivity contribution in [1.29, 1.82) is 0 Å². The summed E-state index contributed by atoms with van der Waals surface area (Å²) in [5.41, 5.74) is 0.800. The van der Waals surface area contributed by atoms with Crippen molar-refractivity contribution in [2.75, 3.05) is 36.8 Å². The summed E-state index contributed by atoms with van der Waals surface area (Å²) in [6, 6.07) is 11.9. The Morgan fingerprint density at radius 2 is 1.74 bits per heavy atom. The van der Waals surface area contributed by atoms with E-state index in [1.807, 2.05) is 12.1 Å². The van der Waals surface area contributed by atoms with E-state index in [4.69, 9.17) is 11.6 Å². The van der Waals surface area contributed by atoms with Gasteiger partial charge in [0, 0.05) is 13.1 Å². The summed E-state index contributed by atoms with van der Waals surface area (Å²) in [6.45, 7) is 8.44. The number of rotatable bonds is 9. The third-order valence-electron chi connectivity index (χ3n) is 5.20. The van der Waals surface area contributed by atoms with Gasteiger partial charge in [0.1, 0.15) is 5.52 Å². The number of thiazole rings is 1. The molecule has 0 saturated carbocycles. The van der Waals surface area contributed by atoms with E-state index in [-0.39, 0.29) is 22.1 Å². The van der Waals surface area contributed by atoms with Crippen LogP contribution in [0.3, 0.4) is 0 Å². The van der Waals surface area contributed by atoms with Crippen molar-refractivity contribution in [2.45, 2.75) is 25.7 Å². The van der Waals surface area contributed by atoms with E-state index in [0.29, 0.717) is 28.8 Å². The van der Waals surface area contributed by atoms with Crippen LogP contribution in [0.1, 0.15) is 31.1 Å². The summed E-state index contributed by atoms with van der Waals surface area (Å²) in [4.78, 5) is 22.1. The highest BCUT2D eigenvalue weighted by molar-refractivity contribution is 7.91. The zero-order valence-corrected chi connectivity index (χ0v) is 20.2. The third-order valence-corrected chi connectivity index (χ3v) is 8.34. The minimum atomic E-state index is -3.56. The number of benzene rings is 2. The Hall–Kier alpha value is -2.00. The van der Waals surface area contributed by atoms with Crippen LogP contribution in [0.5, 0.6) is 0 Å². The number of para-hydroxylation sites is 1. The number of anilines is 1. The van der Waals surface area contributed by atoms with Crippen LogP contribution in [0.15, 0.2) is 47.4 Å². The van der Waals surface area contributed by atoms with Crippen LogP contribution in [-0.4, -0.2) is 56.1 Å². The molecule has 0 aliphatic rings. The Morgan fingerprint density at radius 3 is 2.39 bits per heavy atom. The van der Waals surface area contributed by atoms with Gasteiger partial charge in [0.05, 0.1) is 25.9 Å². The molecular formula is C22H26ClN3O3S2. The fourth-order valence-corrected chi connectivity index (χ4v) is 5.68. The number of carbonyl (C=O) groups excluding carboxylic acids is 1. The number of likely N-dealkylation sites (N-methyl/N-ethyl adjacent to an activating group) is 1. The molecule has 166 valence electrons. The molecule has 0 spiro atoms. The number of hydrogen-bond acceptors (Lipinski definition) is 6. The van der Waals surface area contributed by atoms with E-state index >= 15 is 0 Å². The molecule has 0 bridgehead atoms. The lowest BCUT2D eigenvalue weighted by Crippen LogP contribution is -2.39. The SMILES string of the molecule is CCN(CC)CCN(C(=O)c1ccccc1S(=O)(=O)CC)c1nc2c(Cl)cccc2s1. The smallest absolute Gasteiger partial charge is 0.261 e. The van der Waals surface area contributed by atoms with Crippen LogP contribution in [0.25, 0.3) is 10.2 Å². The first-order valence-corrected chi connectivity index (χ1v) is 13.1. The predicted octanol–water partition coefficient (Wildman–Crippen LogP) is 4.73. The first kappa shape index (κ1) is 23.7. The molecular weight excluding hydrogens is 454 g/mol. The van der Waals surface area contributed by atoms with Gasteiger partial charge in [-0.15, -0.1) is 0 Å². The van der Waals surface area contributed by atoms with E-state index in [9.17, 15) is 13.2 Å². The van der Waals surface area contributed by atoms with Crippen molar-refractivity contribution in [1.82, 2.24) is 9.88 Å². The van der Waals surface area contributed by atoms with Gasteiger partial charge in [-0.2, -0.15) is 0 Å². The van der Waals surface area contributed by atoms with Gasteiger partial charge in [-0.25, -0.2) is 13.4 Å². The van der Waals surface area contributed by atoms with Crippen LogP contribution in [0.2, 0.25) is 5.02 Å². The van der Waals surface area contributed by atoms with Crippen molar-refractivity contribution in [3.63, 3.8) is 0 Å². The molecule has 0 radical (unpaired) electrons. The Kier molecular flexibility index (Phi) is 7.69. The molecule has 1 heterocycles. The van der Waals surface area contributed by atoms with Crippen molar-refractivity contribution < 1.29 is 13.2 Å². The van der Waals surface area contributed by atoms with Crippen molar-refractivity contribution in [2.24, 2.45) is 0 Å². The Bertz CT molecular complexity index is 1170. The molecule has 0 fully saturated rings. The molecule has 0 N–H and O–H groups in total. The maximum atomic E-state index is 13.7. The Morgan fingerprint density at radius 1 is 1.03 bits per heavy atom. The van der Waals surface area contributed by atoms with Gasteiger partial charge >= 0.3 is 0 Å². The summed E-state index contributed by atoms with van der Waals surface area (Å²) in [6.07, 6.45) is 0. The number of nitrogens with zero attached hydrogens (tertiary/aromatic N) is 3. The van der Waals surface area contributed by atoms with Crippen LogP contribution < -0.4 is 4.90 Å². The Balaban J connectivity index is 2.08. The molecule has 3 aromatic rings. The average Bonchev–Trinajstić information content (AvgIpc) is 3.22. The lowest BCUT2D eigenvalue weighted by molar-refractivity contribution is 0.0980. The average molecular weight is 480 g/mol. The Labute approximate surface area is 192 Å². The van der Waals surface area contributed by atoms with Crippen LogP contribution >= 0.6 is 22.9 Å². The number of amides is 1. The van der Waals surface area contributed by atoms with E-state index in [0.717, 1.165) is 17.8 Å². The molecule has 1 amide bonds. The molecule has 6 nitrogen and oxygen atoms in total.